The number of halogens is 2. The summed E-state index contributed by atoms with van der Waals surface area (Å²) < 4.78 is 39.6. The molecule has 1 heterocycles. The van der Waals surface area contributed by atoms with Crippen molar-refractivity contribution in [2.24, 2.45) is 0 Å². The average Bonchev–Trinajstić information content (AvgIpc) is 2.72. The Morgan fingerprint density at radius 3 is 2.63 bits per heavy atom. The van der Waals surface area contributed by atoms with Gasteiger partial charge in [0.25, 0.3) is 5.92 Å². The summed E-state index contributed by atoms with van der Waals surface area (Å²) in [5, 5.41) is 8.85. The largest absolute Gasteiger partial charge is 0.489 e. The standard InChI is InChI=1S/C24H26F2O4/c1-24(25,26)22-14-21(9-7-18(22)8-10-23(27)28)30-16-20-15-29-12-11-19(20)13-17-5-3-2-4-6-17/h2-7,9,14H,8,10-13,15-16H2,1H3,(H,27,28). The Hall–Kier alpha value is -2.73. The Morgan fingerprint density at radius 1 is 1.17 bits per heavy atom. The van der Waals surface area contributed by atoms with Crippen molar-refractivity contribution in [2.45, 2.75) is 38.5 Å². The van der Waals surface area contributed by atoms with E-state index in [-0.39, 0.29) is 25.0 Å². The minimum absolute atomic E-state index is 0.0502. The number of benzene rings is 2. The summed E-state index contributed by atoms with van der Waals surface area (Å²) in [6.07, 6.45) is 1.49. The van der Waals surface area contributed by atoms with Gasteiger partial charge in [-0.1, -0.05) is 42.0 Å². The van der Waals surface area contributed by atoms with E-state index in [9.17, 15) is 13.6 Å². The monoisotopic (exact) mass is 416 g/mol. The predicted octanol–water partition coefficient (Wildman–Crippen LogP) is 5.15. The van der Waals surface area contributed by atoms with Crippen LogP contribution in [0.1, 0.15) is 36.5 Å². The fourth-order valence-corrected chi connectivity index (χ4v) is 3.55. The molecule has 0 saturated carbocycles. The molecule has 2 aromatic rings. The Balaban J connectivity index is 1.75. The lowest BCUT2D eigenvalue weighted by Gasteiger charge is -2.22. The molecule has 0 radical (unpaired) electrons. The topological polar surface area (TPSA) is 55.8 Å². The van der Waals surface area contributed by atoms with Crippen LogP contribution in [0.4, 0.5) is 8.78 Å². The first-order valence-electron chi connectivity index (χ1n) is 10.00. The number of carbonyl (C=O) groups is 1. The minimum atomic E-state index is -3.08. The molecule has 0 atom stereocenters. The SMILES string of the molecule is CC(F)(F)c1cc(OCC2=C(Cc3ccccc3)CCOC2)ccc1CCC(=O)O. The van der Waals surface area contributed by atoms with E-state index in [0.29, 0.717) is 24.5 Å². The molecule has 0 spiro atoms. The van der Waals surface area contributed by atoms with Crippen molar-refractivity contribution in [3.63, 3.8) is 0 Å². The summed E-state index contributed by atoms with van der Waals surface area (Å²) in [7, 11) is 0. The van der Waals surface area contributed by atoms with Crippen molar-refractivity contribution >= 4 is 5.97 Å². The number of aliphatic carboxylic acids is 1. The van der Waals surface area contributed by atoms with Crippen molar-refractivity contribution in [1.82, 2.24) is 0 Å². The lowest BCUT2D eigenvalue weighted by molar-refractivity contribution is -0.137. The van der Waals surface area contributed by atoms with E-state index >= 15 is 0 Å². The molecule has 1 N–H and O–H groups in total. The van der Waals surface area contributed by atoms with E-state index in [0.717, 1.165) is 25.3 Å². The zero-order chi connectivity index (χ0) is 21.6. The number of carboxylic acid groups (broad SMARTS) is 1. The van der Waals surface area contributed by atoms with Crippen molar-refractivity contribution in [3.8, 4) is 5.75 Å². The molecule has 3 rings (SSSR count). The van der Waals surface area contributed by atoms with Crippen molar-refractivity contribution in [3.05, 3.63) is 76.4 Å². The van der Waals surface area contributed by atoms with Gasteiger partial charge < -0.3 is 14.6 Å². The zero-order valence-electron chi connectivity index (χ0n) is 17.0. The molecule has 0 unspecified atom stereocenters. The van der Waals surface area contributed by atoms with Crippen molar-refractivity contribution in [1.29, 1.82) is 0 Å². The summed E-state index contributed by atoms with van der Waals surface area (Å²) in [4.78, 5) is 10.8. The molecule has 1 aliphatic heterocycles. The van der Waals surface area contributed by atoms with Gasteiger partial charge in [0.1, 0.15) is 12.4 Å². The van der Waals surface area contributed by atoms with Gasteiger partial charge in [0.15, 0.2) is 0 Å². The van der Waals surface area contributed by atoms with Crippen molar-refractivity contribution < 1.29 is 28.2 Å². The van der Waals surface area contributed by atoms with Crippen LogP contribution in [0.2, 0.25) is 0 Å². The number of carboxylic acids is 1. The molecule has 0 fully saturated rings. The Bertz CT molecular complexity index is 901. The third-order valence-corrected chi connectivity index (χ3v) is 5.16. The number of hydrogen-bond donors (Lipinski definition) is 1. The molecular formula is C24H26F2O4. The molecule has 2 aromatic carbocycles. The molecule has 160 valence electrons. The Kier molecular flexibility index (Phi) is 7.21. The number of rotatable bonds is 9. The van der Waals surface area contributed by atoms with Crippen LogP contribution in [0.15, 0.2) is 59.7 Å². The Morgan fingerprint density at radius 2 is 1.93 bits per heavy atom. The van der Waals surface area contributed by atoms with Gasteiger partial charge in [0, 0.05) is 18.9 Å². The molecule has 0 amide bonds. The third-order valence-electron chi connectivity index (χ3n) is 5.16. The fourth-order valence-electron chi connectivity index (χ4n) is 3.55. The molecule has 0 bridgehead atoms. The van der Waals surface area contributed by atoms with E-state index in [1.54, 1.807) is 6.07 Å². The second-order valence-corrected chi connectivity index (χ2v) is 7.56. The van der Waals surface area contributed by atoms with Gasteiger partial charge in [-0.05, 0) is 48.1 Å². The van der Waals surface area contributed by atoms with Gasteiger partial charge in [0.05, 0.1) is 13.2 Å². The highest BCUT2D eigenvalue weighted by Crippen LogP contribution is 2.33. The van der Waals surface area contributed by atoms with Crippen LogP contribution in [0.3, 0.4) is 0 Å². The number of aryl methyl sites for hydroxylation is 1. The highest BCUT2D eigenvalue weighted by Gasteiger charge is 2.28. The summed E-state index contributed by atoms with van der Waals surface area (Å²) in [6, 6.07) is 14.6. The quantitative estimate of drug-likeness (QED) is 0.574. The maximum absolute atomic E-state index is 14.1. The molecular weight excluding hydrogens is 390 g/mol. The van der Waals surface area contributed by atoms with Crippen molar-refractivity contribution in [2.75, 3.05) is 19.8 Å². The summed E-state index contributed by atoms with van der Waals surface area (Å²) in [6.45, 7) is 2.21. The van der Waals surface area contributed by atoms with Gasteiger partial charge in [-0.15, -0.1) is 0 Å². The second kappa shape index (κ2) is 9.85. The van der Waals surface area contributed by atoms with E-state index in [2.05, 4.69) is 12.1 Å². The first-order chi connectivity index (χ1) is 14.3. The lowest BCUT2D eigenvalue weighted by Crippen LogP contribution is -2.18. The average molecular weight is 416 g/mol. The third kappa shape index (κ3) is 6.13. The number of alkyl halides is 2. The van der Waals surface area contributed by atoms with Gasteiger partial charge in [-0.25, -0.2) is 8.78 Å². The van der Waals surface area contributed by atoms with Crippen LogP contribution in [0.25, 0.3) is 0 Å². The second-order valence-electron chi connectivity index (χ2n) is 7.56. The smallest absolute Gasteiger partial charge is 0.303 e. The van der Waals surface area contributed by atoms with Crippen LogP contribution in [0.5, 0.6) is 5.75 Å². The normalized spacial score (nSPS) is 14.6. The highest BCUT2D eigenvalue weighted by molar-refractivity contribution is 5.67. The molecule has 6 heteroatoms. The molecule has 4 nitrogen and oxygen atoms in total. The first kappa shape index (κ1) is 22.0. The first-order valence-corrected chi connectivity index (χ1v) is 10.00. The van der Waals surface area contributed by atoms with Gasteiger partial charge in [-0.3, -0.25) is 4.79 Å². The molecule has 0 aliphatic carbocycles. The van der Waals surface area contributed by atoms with Crippen LogP contribution >= 0.6 is 0 Å². The summed E-state index contributed by atoms with van der Waals surface area (Å²) in [5.74, 6) is -3.77. The van der Waals surface area contributed by atoms with Crippen LogP contribution in [0, 0.1) is 0 Å². The molecule has 30 heavy (non-hydrogen) atoms. The van der Waals surface area contributed by atoms with Gasteiger partial charge in [0.2, 0.25) is 0 Å². The Labute approximate surface area is 175 Å². The van der Waals surface area contributed by atoms with Gasteiger partial charge >= 0.3 is 5.97 Å². The predicted molar refractivity (Wildman–Crippen MR) is 110 cm³/mol. The fraction of sp³-hybridized carbons (Fsp3) is 0.375. The van der Waals surface area contributed by atoms with E-state index in [4.69, 9.17) is 14.6 Å². The maximum Gasteiger partial charge on any atom is 0.303 e. The summed E-state index contributed by atoms with van der Waals surface area (Å²) >= 11 is 0. The van der Waals surface area contributed by atoms with Crippen LogP contribution in [-0.2, 0) is 28.3 Å². The van der Waals surface area contributed by atoms with E-state index < -0.39 is 11.9 Å². The highest BCUT2D eigenvalue weighted by atomic mass is 19.3. The van der Waals surface area contributed by atoms with Gasteiger partial charge in [-0.2, -0.15) is 0 Å². The number of ether oxygens (including phenoxy) is 2. The van der Waals surface area contributed by atoms with Crippen LogP contribution in [-0.4, -0.2) is 30.9 Å². The van der Waals surface area contributed by atoms with Crippen LogP contribution < -0.4 is 4.74 Å². The maximum atomic E-state index is 14.1. The molecule has 1 aliphatic rings. The number of hydrogen-bond acceptors (Lipinski definition) is 3. The zero-order valence-corrected chi connectivity index (χ0v) is 17.0. The van der Waals surface area contributed by atoms with E-state index in [1.807, 2.05) is 18.2 Å². The molecule has 0 saturated heterocycles. The van der Waals surface area contributed by atoms with E-state index in [1.165, 1.54) is 23.3 Å². The molecule has 0 aromatic heterocycles. The minimum Gasteiger partial charge on any atom is -0.489 e. The lowest BCUT2D eigenvalue weighted by atomic mass is 9.96. The summed E-state index contributed by atoms with van der Waals surface area (Å²) in [5.41, 5.74) is 3.63.